The number of piperidine rings is 1. The SMILES string of the molecule is CCOc1ccc2[nH]c(=O)c(C(c3nnnn3CCc3ccccc3)N3CCC(C)CC3)cc2c1. The number of ether oxygens (including phenoxy) is 1. The van der Waals surface area contributed by atoms with Gasteiger partial charge in [0.05, 0.1) is 6.61 Å². The van der Waals surface area contributed by atoms with E-state index in [2.05, 4.69) is 44.5 Å². The van der Waals surface area contributed by atoms with E-state index < -0.39 is 0 Å². The van der Waals surface area contributed by atoms with E-state index in [1.54, 1.807) is 0 Å². The second-order valence-electron chi connectivity index (χ2n) is 9.35. The number of H-pyrrole nitrogens is 1. The van der Waals surface area contributed by atoms with Gasteiger partial charge in [0.2, 0.25) is 0 Å². The highest BCUT2D eigenvalue weighted by atomic mass is 16.5. The van der Waals surface area contributed by atoms with Gasteiger partial charge in [-0.15, -0.1) is 5.10 Å². The number of hydrogen-bond acceptors (Lipinski definition) is 6. The minimum atomic E-state index is -0.322. The first kappa shape index (κ1) is 23.2. The van der Waals surface area contributed by atoms with E-state index in [1.165, 1.54) is 5.56 Å². The van der Waals surface area contributed by atoms with Crippen LogP contribution in [0.3, 0.4) is 0 Å². The van der Waals surface area contributed by atoms with Crippen LogP contribution in [0.1, 0.15) is 49.7 Å². The summed E-state index contributed by atoms with van der Waals surface area (Å²) in [6, 6.07) is 17.7. The molecule has 0 saturated carbocycles. The third-order valence-electron chi connectivity index (χ3n) is 6.89. The maximum Gasteiger partial charge on any atom is 0.253 e. The lowest BCUT2D eigenvalue weighted by atomic mass is 9.95. The molecule has 5 rings (SSSR count). The predicted molar refractivity (Wildman–Crippen MR) is 136 cm³/mol. The number of aromatic nitrogens is 5. The summed E-state index contributed by atoms with van der Waals surface area (Å²) in [6.07, 6.45) is 2.98. The number of aromatic amines is 1. The number of fused-ring (bicyclic) bond motifs is 1. The maximum absolute atomic E-state index is 13.4. The molecule has 1 aliphatic heterocycles. The molecule has 35 heavy (non-hydrogen) atoms. The zero-order valence-electron chi connectivity index (χ0n) is 20.4. The van der Waals surface area contributed by atoms with E-state index in [0.29, 0.717) is 30.5 Å². The minimum absolute atomic E-state index is 0.108. The van der Waals surface area contributed by atoms with Crippen LogP contribution in [0.2, 0.25) is 0 Å². The lowest BCUT2D eigenvalue weighted by Gasteiger charge is -2.35. The number of rotatable bonds is 8. The van der Waals surface area contributed by atoms with Crippen molar-refractivity contribution in [3.63, 3.8) is 0 Å². The highest BCUT2D eigenvalue weighted by Crippen LogP contribution is 2.31. The van der Waals surface area contributed by atoms with Crippen LogP contribution in [0.5, 0.6) is 5.75 Å². The average molecular weight is 473 g/mol. The zero-order chi connectivity index (χ0) is 24.2. The number of hydrogen-bond donors (Lipinski definition) is 1. The van der Waals surface area contributed by atoms with Crippen LogP contribution in [-0.2, 0) is 13.0 Å². The maximum atomic E-state index is 13.4. The summed E-state index contributed by atoms with van der Waals surface area (Å²) in [6.45, 7) is 7.28. The summed E-state index contributed by atoms with van der Waals surface area (Å²) in [4.78, 5) is 18.8. The van der Waals surface area contributed by atoms with Gasteiger partial charge in [0.25, 0.3) is 5.56 Å². The van der Waals surface area contributed by atoms with Crippen molar-refractivity contribution in [3.8, 4) is 5.75 Å². The number of pyridine rings is 1. The van der Waals surface area contributed by atoms with Gasteiger partial charge in [0.15, 0.2) is 5.82 Å². The van der Waals surface area contributed by atoms with Crippen LogP contribution in [0.25, 0.3) is 10.9 Å². The second-order valence-corrected chi connectivity index (χ2v) is 9.35. The second kappa shape index (κ2) is 10.4. The summed E-state index contributed by atoms with van der Waals surface area (Å²) in [5.74, 6) is 2.17. The van der Waals surface area contributed by atoms with Crippen molar-refractivity contribution >= 4 is 10.9 Å². The summed E-state index contributed by atoms with van der Waals surface area (Å²) in [5, 5.41) is 13.7. The van der Waals surface area contributed by atoms with Gasteiger partial charge in [0.1, 0.15) is 11.8 Å². The van der Waals surface area contributed by atoms with Crippen molar-refractivity contribution in [2.75, 3.05) is 19.7 Å². The molecule has 182 valence electrons. The average Bonchev–Trinajstić information content (AvgIpc) is 3.33. The molecule has 8 heteroatoms. The fraction of sp³-hybridized carbons (Fsp3) is 0.407. The number of nitrogens with zero attached hydrogens (tertiary/aromatic N) is 5. The lowest BCUT2D eigenvalue weighted by molar-refractivity contribution is 0.149. The molecule has 1 fully saturated rings. The van der Waals surface area contributed by atoms with Crippen LogP contribution in [-0.4, -0.2) is 49.8 Å². The summed E-state index contributed by atoms with van der Waals surface area (Å²) < 4.78 is 7.56. The molecule has 2 aromatic carbocycles. The van der Waals surface area contributed by atoms with E-state index >= 15 is 0 Å². The molecule has 1 N–H and O–H groups in total. The molecular formula is C27H32N6O2. The fourth-order valence-corrected chi connectivity index (χ4v) is 4.89. The van der Waals surface area contributed by atoms with Gasteiger partial charge in [-0.1, -0.05) is 37.3 Å². The molecular weight excluding hydrogens is 440 g/mol. The Labute approximate surface area is 204 Å². The van der Waals surface area contributed by atoms with Gasteiger partial charge in [0, 0.05) is 23.0 Å². The third-order valence-corrected chi connectivity index (χ3v) is 6.89. The van der Waals surface area contributed by atoms with E-state index in [9.17, 15) is 4.79 Å². The first-order valence-electron chi connectivity index (χ1n) is 12.5. The minimum Gasteiger partial charge on any atom is -0.494 e. The Balaban J connectivity index is 1.55. The molecule has 0 aliphatic carbocycles. The van der Waals surface area contributed by atoms with Crippen molar-refractivity contribution in [3.05, 3.63) is 81.9 Å². The van der Waals surface area contributed by atoms with Crippen molar-refractivity contribution < 1.29 is 4.74 Å². The number of benzene rings is 2. The number of nitrogens with one attached hydrogen (secondary N) is 1. The Bertz CT molecular complexity index is 1320. The number of likely N-dealkylation sites (tertiary alicyclic amines) is 1. The molecule has 0 spiro atoms. The van der Waals surface area contributed by atoms with E-state index in [4.69, 9.17) is 4.74 Å². The van der Waals surface area contributed by atoms with Crippen molar-refractivity contribution in [2.45, 2.75) is 45.7 Å². The first-order chi connectivity index (χ1) is 17.1. The highest BCUT2D eigenvalue weighted by Gasteiger charge is 2.32. The Morgan fingerprint density at radius 2 is 1.91 bits per heavy atom. The van der Waals surface area contributed by atoms with Gasteiger partial charge in [-0.2, -0.15) is 0 Å². The van der Waals surface area contributed by atoms with Gasteiger partial charge < -0.3 is 9.72 Å². The Morgan fingerprint density at radius 1 is 1.11 bits per heavy atom. The van der Waals surface area contributed by atoms with Crippen molar-refractivity contribution in [2.24, 2.45) is 5.92 Å². The van der Waals surface area contributed by atoms with Gasteiger partial charge in [-0.3, -0.25) is 9.69 Å². The largest absolute Gasteiger partial charge is 0.494 e. The highest BCUT2D eigenvalue weighted by molar-refractivity contribution is 5.80. The van der Waals surface area contributed by atoms with Crippen LogP contribution >= 0.6 is 0 Å². The van der Waals surface area contributed by atoms with Gasteiger partial charge >= 0.3 is 0 Å². The molecule has 0 radical (unpaired) electrons. The molecule has 1 atom stereocenters. The molecule has 2 aromatic heterocycles. The lowest BCUT2D eigenvalue weighted by Crippen LogP contribution is -2.40. The standard InChI is InChI=1S/C27H32N6O2/c1-3-35-22-9-10-24-21(17-22)18-23(27(34)28-24)25(32-14-11-19(2)12-15-32)26-29-30-31-33(26)16-13-20-7-5-4-6-8-20/h4-10,17-19,25H,3,11-16H2,1-2H3,(H,28,34). The molecule has 1 saturated heterocycles. The van der Waals surface area contributed by atoms with Crippen molar-refractivity contribution in [1.29, 1.82) is 0 Å². The monoisotopic (exact) mass is 472 g/mol. The smallest absolute Gasteiger partial charge is 0.253 e. The fourth-order valence-electron chi connectivity index (χ4n) is 4.89. The number of aryl methyl sites for hydroxylation is 2. The van der Waals surface area contributed by atoms with Gasteiger partial charge in [-0.05, 0) is 85.4 Å². The molecule has 0 amide bonds. The Morgan fingerprint density at radius 3 is 2.69 bits per heavy atom. The topological polar surface area (TPSA) is 88.9 Å². The molecule has 3 heterocycles. The summed E-state index contributed by atoms with van der Waals surface area (Å²) in [7, 11) is 0. The number of tetrazole rings is 1. The molecule has 4 aromatic rings. The third kappa shape index (κ3) is 5.12. The first-order valence-corrected chi connectivity index (χ1v) is 12.5. The molecule has 1 unspecified atom stereocenters. The molecule has 1 aliphatic rings. The predicted octanol–water partition coefficient (Wildman–Crippen LogP) is 3.98. The Hall–Kier alpha value is -3.52. The van der Waals surface area contributed by atoms with Gasteiger partial charge in [-0.25, -0.2) is 4.68 Å². The normalized spacial score (nSPS) is 15.9. The van der Waals surface area contributed by atoms with Crippen molar-refractivity contribution in [1.82, 2.24) is 30.1 Å². The van der Waals surface area contributed by atoms with E-state index in [-0.39, 0.29) is 11.6 Å². The van der Waals surface area contributed by atoms with Crippen LogP contribution in [0.15, 0.2) is 59.4 Å². The van der Waals surface area contributed by atoms with Crippen LogP contribution in [0, 0.1) is 5.92 Å². The molecule has 0 bridgehead atoms. The molecule has 8 nitrogen and oxygen atoms in total. The van der Waals surface area contributed by atoms with E-state index in [0.717, 1.165) is 49.0 Å². The summed E-state index contributed by atoms with van der Waals surface area (Å²) >= 11 is 0. The van der Waals surface area contributed by atoms with E-state index in [1.807, 2.05) is 54.1 Å². The Kier molecular flexibility index (Phi) is 6.90. The summed E-state index contributed by atoms with van der Waals surface area (Å²) in [5.41, 5.74) is 2.57. The zero-order valence-corrected chi connectivity index (χ0v) is 20.4. The van der Waals surface area contributed by atoms with Crippen LogP contribution in [0.4, 0.5) is 0 Å². The quantitative estimate of drug-likeness (QED) is 0.417. The van der Waals surface area contributed by atoms with Crippen LogP contribution < -0.4 is 10.3 Å².